The Morgan fingerprint density at radius 1 is 1.04 bits per heavy atom. The molecule has 0 saturated carbocycles. The van der Waals surface area contributed by atoms with Gasteiger partial charge in [-0.1, -0.05) is 32.0 Å². The Labute approximate surface area is 164 Å². The number of aryl methyl sites for hydroxylation is 1. The van der Waals surface area contributed by atoms with Gasteiger partial charge in [-0.2, -0.15) is 5.26 Å². The van der Waals surface area contributed by atoms with E-state index >= 15 is 0 Å². The number of aromatic nitrogens is 2. The van der Waals surface area contributed by atoms with Crippen LogP contribution in [-0.2, 0) is 0 Å². The number of hydrogen-bond acceptors (Lipinski definition) is 5. The summed E-state index contributed by atoms with van der Waals surface area (Å²) in [5, 5.41) is 15.0. The quantitative estimate of drug-likeness (QED) is 0.674. The number of amides is 1. The summed E-state index contributed by atoms with van der Waals surface area (Å²) in [7, 11) is 0. The third kappa shape index (κ3) is 4.71. The summed E-state index contributed by atoms with van der Waals surface area (Å²) < 4.78 is 0. The first-order chi connectivity index (χ1) is 13.4. The van der Waals surface area contributed by atoms with Crippen molar-refractivity contribution in [3.63, 3.8) is 0 Å². The maximum atomic E-state index is 12.6. The lowest BCUT2D eigenvalue weighted by atomic mass is 10.0. The van der Waals surface area contributed by atoms with Crippen LogP contribution in [0.2, 0.25) is 0 Å². The van der Waals surface area contributed by atoms with Crippen molar-refractivity contribution < 1.29 is 4.79 Å². The molecule has 28 heavy (non-hydrogen) atoms. The number of hydrogen-bond donors (Lipinski definition) is 2. The van der Waals surface area contributed by atoms with Gasteiger partial charge in [-0.15, -0.1) is 0 Å². The number of benzene rings is 2. The lowest BCUT2D eigenvalue weighted by Crippen LogP contribution is -2.15. The Morgan fingerprint density at radius 3 is 2.46 bits per heavy atom. The van der Waals surface area contributed by atoms with E-state index in [1.54, 1.807) is 37.3 Å². The first-order valence-electron chi connectivity index (χ1n) is 8.99. The number of carbonyl (C=O) groups excluding carboxylic acids is 1. The molecule has 140 valence electrons. The second-order valence-electron chi connectivity index (χ2n) is 6.73. The van der Waals surface area contributed by atoms with Crippen LogP contribution in [0.15, 0.2) is 54.6 Å². The third-order valence-corrected chi connectivity index (χ3v) is 4.17. The van der Waals surface area contributed by atoms with Crippen LogP contribution >= 0.6 is 0 Å². The molecule has 0 unspecified atom stereocenters. The van der Waals surface area contributed by atoms with E-state index in [0.29, 0.717) is 28.8 Å². The first kappa shape index (κ1) is 19.1. The Kier molecular flexibility index (Phi) is 5.66. The summed E-state index contributed by atoms with van der Waals surface area (Å²) in [4.78, 5) is 21.2. The van der Waals surface area contributed by atoms with Crippen LogP contribution in [0, 0.1) is 18.3 Å². The molecule has 2 N–H and O–H groups in total. The number of nitrogens with one attached hydrogen (secondary N) is 2. The molecule has 0 saturated heterocycles. The van der Waals surface area contributed by atoms with Crippen molar-refractivity contribution in [3.05, 3.63) is 77.2 Å². The highest BCUT2D eigenvalue weighted by atomic mass is 16.1. The average molecular weight is 371 g/mol. The van der Waals surface area contributed by atoms with Crippen LogP contribution in [0.4, 0.5) is 17.2 Å². The molecule has 1 aromatic heterocycles. The highest BCUT2D eigenvalue weighted by Crippen LogP contribution is 2.20. The number of nitrogens with zero attached hydrogens (tertiary/aromatic N) is 3. The Bertz CT molecular complexity index is 1040. The zero-order valence-corrected chi connectivity index (χ0v) is 16.0. The second kappa shape index (κ2) is 8.31. The molecule has 2 aromatic carbocycles. The fourth-order valence-electron chi connectivity index (χ4n) is 2.71. The molecule has 6 nitrogen and oxygen atoms in total. The van der Waals surface area contributed by atoms with Crippen molar-refractivity contribution in [2.45, 2.75) is 26.7 Å². The van der Waals surface area contributed by atoms with Gasteiger partial charge in [0.2, 0.25) is 0 Å². The standard InChI is InChI=1S/C22H21N5O/c1-14(2)17-7-9-18(10-8-17)26-21-12-20(24-15(3)25-21)22(28)27-19-6-4-5-16(11-19)13-23/h4-12,14H,1-3H3,(H,27,28)(H,24,25,26). The SMILES string of the molecule is Cc1nc(Nc2ccc(C(C)C)cc2)cc(C(=O)Nc2cccc(C#N)c2)n1. The van der Waals surface area contributed by atoms with Crippen LogP contribution in [0.5, 0.6) is 0 Å². The topological polar surface area (TPSA) is 90.7 Å². The average Bonchev–Trinajstić information content (AvgIpc) is 2.68. The van der Waals surface area contributed by atoms with E-state index in [1.807, 2.05) is 18.2 Å². The largest absolute Gasteiger partial charge is 0.340 e. The van der Waals surface area contributed by atoms with Gasteiger partial charge in [-0.25, -0.2) is 9.97 Å². The molecule has 6 heteroatoms. The molecule has 1 amide bonds. The maximum Gasteiger partial charge on any atom is 0.274 e. The van der Waals surface area contributed by atoms with E-state index in [-0.39, 0.29) is 11.6 Å². The maximum absolute atomic E-state index is 12.6. The van der Waals surface area contributed by atoms with Crippen molar-refractivity contribution in [2.24, 2.45) is 0 Å². The van der Waals surface area contributed by atoms with E-state index in [2.05, 4.69) is 46.6 Å². The molecular formula is C22H21N5O. The Balaban J connectivity index is 1.78. The molecule has 3 aromatic rings. The van der Waals surface area contributed by atoms with Crippen LogP contribution < -0.4 is 10.6 Å². The second-order valence-corrected chi connectivity index (χ2v) is 6.73. The van der Waals surface area contributed by atoms with E-state index in [4.69, 9.17) is 5.26 Å². The van der Waals surface area contributed by atoms with Crippen LogP contribution in [0.3, 0.4) is 0 Å². The number of anilines is 3. The highest BCUT2D eigenvalue weighted by Gasteiger charge is 2.12. The summed E-state index contributed by atoms with van der Waals surface area (Å²) >= 11 is 0. The molecule has 0 fully saturated rings. The van der Waals surface area contributed by atoms with Gasteiger partial charge in [0, 0.05) is 17.4 Å². The van der Waals surface area contributed by atoms with Gasteiger partial charge >= 0.3 is 0 Å². The van der Waals surface area contributed by atoms with Crippen LogP contribution in [0.1, 0.15) is 47.2 Å². The fourth-order valence-corrected chi connectivity index (χ4v) is 2.71. The van der Waals surface area contributed by atoms with Crippen molar-refractivity contribution in [2.75, 3.05) is 10.6 Å². The number of nitriles is 1. The van der Waals surface area contributed by atoms with Gasteiger partial charge in [-0.05, 0) is 48.7 Å². The molecule has 0 aliphatic rings. The van der Waals surface area contributed by atoms with Gasteiger partial charge in [0.25, 0.3) is 5.91 Å². The zero-order valence-electron chi connectivity index (χ0n) is 16.0. The molecule has 0 radical (unpaired) electrons. The molecule has 0 spiro atoms. The van der Waals surface area contributed by atoms with Gasteiger partial charge < -0.3 is 10.6 Å². The predicted octanol–water partition coefficient (Wildman–Crippen LogP) is 4.78. The molecule has 0 atom stereocenters. The van der Waals surface area contributed by atoms with Crippen molar-refractivity contribution in [1.29, 1.82) is 5.26 Å². The summed E-state index contributed by atoms with van der Waals surface area (Å²) in [6.45, 7) is 6.03. The third-order valence-electron chi connectivity index (χ3n) is 4.17. The number of carbonyl (C=O) groups is 1. The summed E-state index contributed by atoms with van der Waals surface area (Å²) in [5.41, 5.74) is 3.40. The van der Waals surface area contributed by atoms with E-state index in [1.165, 1.54) is 5.56 Å². The summed E-state index contributed by atoms with van der Waals surface area (Å²) in [6.07, 6.45) is 0. The monoisotopic (exact) mass is 371 g/mol. The normalized spacial score (nSPS) is 10.4. The molecule has 3 rings (SSSR count). The highest BCUT2D eigenvalue weighted by molar-refractivity contribution is 6.03. The minimum atomic E-state index is -0.362. The smallest absolute Gasteiger partial charge is 0.274 e. The predicted molar refractivity (Wildman–Crippen MR) is 110 cm³/mol. The first-order valence-corrected chi connectivity index (χ1v) is 8.99. The van der Waals surface area contributed by atoms with Crippen molar-refractivity contribution in [1.82, 2.24) is 9.97 Å². The Morgan fingerprint density at radius 2 is 1.79 bits per heavy atom. The van der Waals surface area contributed by atoms with E-state index in [0.717, 1.165) is 5.69 Å². The van der Waals surface area contributed by atoms with Crippen LogP contribution in [-0.4, -0.2) is 15.9 Å². The van der Waals surface area contributed by atoms with Crippen LogP contribution in [0.25, 0.3) is 0 Å². The summed E-state index contributed by atoms with van der Waals surface area (Å²) in [5.74, 6) is 1.13. The van der Waals surface area contributed by atoms with Gasteiger partial charge in [-0.3, -0.25) is 4.79 Å². The minimum absolute atomic E-state index is 0.246. The summed E-state index contributed by atoms with van der Waals surface area (Å²) in [6, 6.07) is 18.5. The molecule has 0 aliphatic heterocycles. The minimum Gasteiger partial charge on any atom is -0.340 e. The van der Waals surface area contributed by atoms with E-state index < -0.39 is 0 Å². The molecular weight excluding hydrogens is 350 g/mol. The van der Waals surface area contributed by atoms with Crippen molar-refractivity contribution >= 4 is 23.1 Å². The van der Waals surface area contributed by atoms with Gasteiger partial charge in [0.1, 0.15) is 17.3 Å². The molecule has 1 heterocycles. The lowest BCUT2D eigenvalue weighted by molar-refractivity contribution is 0.102. The molecule has 0 bridgehead atoms. The van der Waals surface area contributed by atoms with Gasteiger partial charge in [0.05, 0.1) is 11.6 Å². The van der Waals surface area contributed by atoms with E-state index in [9.17, 15) is 4.79 Å². The van der Waals surface area contributed by atoms with Gasteiger partial charge in [0.15, 0.2) is 0 Å². The fraction of sp³-hybridized carbons (Fsp3) is 0.182. The lowest BCUT2D eigenvalue weighted by Gasteiger charge is -2.11. The van der Waals surface area contributed by atoms with Crippen molar-refractivity contribution in [3.8, 4) is 6.07 Å². The zero-order chi connectivity index (χ0) is 20.1. The number of rotatable bonds is 5. The molecule has 0 aliphatic carbocycles. The Hall–Kier alpha value is -3.72.